The molecule has 0 amide bonds. The van der Waals surface area contributed by atoms with Gasteiger partial charge in [-0.15, -0.1) is 0 Å². The number of nitrogens with zero attached hydrogens (tertiary/aromatic N) is 3. The molecule has 1 unspecified atom stereocenters. The summed E-state index contributed by atoms with van der Waals surface area (Å²) >= 11 is 0. The van der Waals surface area contributed by atoms with Crippen molar-refractivity contribution in [1.82, 2.24) is 19.5 Å². The van der Waals surface area contributed by atoms with Crippen LogP contribution in [-0.4, -0.2) is 32.7 Å². The van der Waals surface area contributed by atoms with Crippen LogP contribution in [0.5, 0.6) is 11.8 Å². The topological polar surface area (TPSA) is 108 Å². The molecule has 2 aromatic heterocycles. The Balaban J connectivity index is 1.86. The fourth-order valence-corrected chi connectivity index (χ4v) is 2.84. The van der Waals surface area contributed by atoms with Crippen LogP contribution in [0.3, 0.4) is 0 Å². The maximum Gasteiger partial charge on any atom is 0.328 e. The Labute approximate surface area is 143 Å². The lowest BCUT2D eigenvalue weighted by Crippen LogP contribution is -2.18. The van der Waals surface area contributed by atoms with E-state index in [4.69, 9.17) is 15.2 Å². The van der Waals surface area contributed by atoms with E-state index >= 15 is 0 Å². The van der Waals surface area contributed by atoms with E-state index in [0.717, 1.165) is 17.7 Å². The second kappa shape index (κ2) is 6.12. The first-order valence-corrected chi connectivity index (χ1v) is 8.21. The van der Waals surface area contributed by atoms with Crippen LogP contribution < -0.4 is 20.9 Å². The highest BCUT2D eigenvalue weighted by Crippen LogP contribution is 2.21. The van der Waals surface area contributed by atoms with Gasteiger partial charge in [-0.05, 0) is 30.0 Å². The molecule has 0 saturated heterocycles. The standard InChI is InChI=1S/C17H19N5O3/c1-10-5-6-24-12-4-2-3-11(7-12)8-22-15-13(19-17(22)23)14(18)20-16(21-15)25-9-10/h2-4,7,10H,5-6,8-9H2,1H3,(H,19,23)(H2,18,20,21). The van der Waals surface area contributed by atoms with Gasteiger partial charge in [0.15, 0.2) is 11.5 Å². The number of imidazole rings is 1. The molecule has 0 radical (unpaired) electrons. The Bertz CT molecular complexity index is 978. The number of aromatic nitrogens is 4. The van der Waals surface area contributed by atoms with E-state index in [0.29, 0.717) is 30.9 Å². The Morgan fingerprint density at radius 1 is 1.32 bits per heavy atom. The van der Waals surface area contributed by atoms with Crippen LogP contribution in [0.2, 0.25) is 0 Å². The molecular formula is C17H19N5O3. The van der Waals surface area contributed by atoms with Crippen molar-refractivity contribution in [2.45, 2.75) is 19.9 Å². The fourth-order valence-electron chi connectivity index (χ4n) is 2.84. The Morgan fingerprint density at radius 3 is 3.08 bits per heavy atom. The number of fused-ring (bicyclic) bond motifs is 3. The number of ether oxygens (including phenoxy) is 2. The van der Waals surface area contributed by atoms with Gasteiger partial charge in [-0.3, -0.25) is 4.57 Å². The normalized spacial score (nSPS) is 17.7. The molecular weight excluding hydrogens is 322 g/mol. The summed E-state index contributed by atoms with van der Waals surface area (Å²) in [6, 6.07) is 7.87. The van der Waals surface area contributed by atoms with Gasteiger partial charge in [0.1, 0.15) is 11.3 Å². The predicted molar refractivity (Wildman–Crippen MR) is 92.9 cm³/mol. The first-order valence-electron chi connectivity index (χ1n) is 8.21. The Kier molecular flexibility index (Phi) is 3.79. The molecule has 0 aliphatic carbocycles. The van der Waals surface area contributed by atoms with Gasteiger partial charge in [-0.1, -0.05) is 19.1 Å². The molecule has 8 nitrogen and oxygen atoms in total. The largest absolute Gasteiger partial charge is 0.494 e. The number of hydrogen-bond donors (Lipinski definition) is 2. The highest BCUT2D eigenvalue weighted by Gasteiger charge is 2.16. The molecule has 4 bridgehead atoms. The van der Waals surface area contributed by atoms with Crippen molar-refractivity contribution in [1.29, 1.82) is 0 Å². The van der Waals surface area contributed by atoms with Crippen LogP contribution in [0.25, 0.3) is 11.2 Å². The molecule has 4 rings (SSSR count). The van der Waals surface area contributed by atoms with E-state index in [-0.39, 0.29) is 23.4 Å². The van der Waals surface area contributed by atoms with E-state index in [1.165, 1.54) is 4.57 Å². The van der Waals surface area contributed by atoms with Crippen molar-refractivity contribution in [3.63, 3.8) is 0 Å². The van der Waals surface area contributed by atoms with Gasteiger partial charge in [0.2, 0.25) is 0 Å². The maximum absolute atomic E-state index is 12.4. The zero-order chi connectivity index (χ0) is 17.4. The monoisotopic (exact) mass is 341 g/mol. The first kappa shape index (κ1) is 15.5. The van der Waals surface area contributed by atoms with Crippen molar-refractivity contribution in [3.05, 3.63) is 40.3 Å². The third kappa shape index (κ3) is 3.02. The van der Waals surface area contributed by atoms with Crippen molar-refractivity contribution in [3.8, 4) is 11.8 Å². The average molecular weight is 341 g/mol. The van der Waals surface area contributed by atoms with E-state index in [1.54, 1.807) is 0 Å². The highest BCUT2D eigenvalue weighted by molar-refractivity contribution is 5.81. The fraction of sp³-hybridized carbons (Fsp3) is 0.353. The molecule has 3 heterocycles. The molecule has 0 saturated carbocycles. The lowest BCUT2D eigenvalue weighted by Gasteiger charge is -2.14. The average Bonchev–Trinajstić information content (AvgIpc) is 2.90. The minimum Gasteiger partial charge on any atom is -0.494 e. The molecule has 0 fully saturated rings. The quantitative estimate of drug-likeness (QED) is 0.642. The minimum absolute atomic E-state index is 0.177. The van der Waals surface area contributed by atoms with Crippen molar-refractivity contribution in [2.24, 2.45) is 5.92 Å². The van der Waals surface area contributed by atoms with E-state index in [9.17, 15) is 4.79 Å². The van der Waals surface area contributed by atoms with Crippen LogP contribution in [0, 0.1) is 5.92 Å². The molecule has 1 aliphatic rings. The van der Waals surface area contributed by atoms with Crippen LogP contribution >= 0.6 is 0 Å². The van der Waals surface area contributed by atoms with Gasteiger partial charge in [0.05, 0.1) is 19.8 Å². The Morgan fingerprint density at radius 2 is 2.20 bits per heavy atom. The first-order chi connectivity index (χ1) is 12.1. The van der Waals surface area contributed by atoms with Crippen LogP contribution in [-0.2, 0) is 6.54 Å². The van der Waals surface area contributed by atoms with Gasteiger partial charge in [-0.2, -0.15) is 9.97 Å². The minimum atomic E-state index is -0.292. The van der Waals surface area contributed by atoms with Gasteiger partial charge in [0.25, 0.3) is 0 Å². The molecule has 1 aromatic carbocycles. The van der Waals surface area contributed by atoms with Gasteiger partial charge >= 0.3 is 11.7 Å². The maximum atomic E-state index is 12.4. The molecule has 0 spiro atoms. The van der Waals surface area contributed by atoms with Gasteiger partial charge < -0.3 is 20.2 Å². The number of rotatable bonds is 0. The van der Waals surface area contributed by atoms with Crippen molar-refractivity contribution in [2.75, 3.05) is 18.9 Å². The number of benzene rings is 1. The number of H-pyrrole nitrogens is 1. The Hall–Kier alpha value is -3.03. The summed E-state index contributed by atoms with van der Waals surface area (Å²) in [5, 5.41) is 0. The second-order valence-corrected chi connectivity index (χ2v) is 6.31. The smallest absolute Gasteiger partial charge is 0.328 e. The van der Waals surface area contributed by atoms with Crippen LogP contribution in [0.4, 0.5) is 5.82 Å². The summed E-state index contributed by atoms with van der Waals surface area (Å²) in [6.45, 7) is 3.45. The third-order valence-corrected chi connectivity index (χ3v) is 4.25. The van der Waals surface area contributed by atoms with Crippen LogP contribution in [0.15, 0.2) is 29.1 Å². The third-order valence-electron chi connectivity index (χ3n) is 4.25. The van der Waals surface area contributed by atoms with Crippen LogP contribution in [0.1, 0.15) is 18.9 Å². The number of nitrogen functional groups attached to an aromatic ring is 1. The molecule has 1 atom stereocenters. The summed E-state index contributed by atoms with van der Waals surface area (Å²) in [5.41, 5.74) is 7.47. The van der Waals surface area contributed by atoms with Crippen molar-refractivity contribution < 1.29 is 9.47 Å². The summed E-state index contributed by atoms with van der Waals surface area (Å²) in [6.07, 6.45) is 0.844. The van der Waals surface area contributed by atoms with E-state index in [1.807, 2.05) is 24.3 Å². The second-order valence-electron chi connectivity index (χ2n) is 6.31. The SMILES string of the molecule is CC1CCOc2cccc(c2)Cn2c(=O)[nH]c3c(N)nc(nc32)OC1. The number of aromatic amines is 1. The molecule has 1 aliphatic heterocycles. The number of nitrogens with one attached hydrogen (secondary N) is 1. The van der Waals surface area contributed by atoms with Gasteiger partial charge in [0, 0.05) is 0 Å². The van der Waals surface area contributed by atoms with Gasteiger partial charge in [-0.25, -0.2) is 4.79 Å². The molecule has 3 aromatic rings. The predicted octanol–water partition coefficient (Wildman–Crippen LogP) is 1.55. The molecule has 25 heavy (non-hydrogen) atoms. The zero-order valence-electron chi connectivity index (χ0n) is 13.9. The molecule has 3 N–H and O–H groups in total. The summed E-state index contributed by atoms with van der Waals surface area (Å²) in [7, 11) is 0. The summed E-state index contributed by atoms with van der Waals surface area (Å²) in [5.74, 6) is 1.25. The zero-order valence-corrected chi connectivity index (χ0v) is 13.9. The number of anilines is 1. The van der Waals surface area contributed by atoms with E-state index < -0.39 is 0 Å². The molecule has 130 valence electrons. The lowest BCUT2D eigenvalue weighted by molar-refractivity contribution is 0.207. The number of nitrogens with two attached hydrogens (primary N) is 1. The number of hydrogen-bond acceptors (Lipinski definition) is 6. The highest BCUT2D eigenvalue weighted by atomic mass is 16.5. The van der Waals surface area contributed by atoms with Crippen molar-refractivity contribution >= 4 is 17.0 Å². The van der Waals surface area contributed by atoms with E-state index in [2.05, 4.69) is 21.9 Å². The lowest BCUT2D eigenvalue weighted by atomic mass is 10.1. The molecule has 8 heteroatoms. The summed E-state index contributed by atoms with van der Waals surface area (Å²) < 4.78 is 13.0. The summed E-state index contributed by atoms with van der Waals surface area (Å²) in [4.78, 5) is 23.6.